The van der Waals surface area contributed by atoms with E-state index >= 15 is 0 Å². The van der Waals surface area contributed by atoms with E-state index in [1.165, 1.54) is 44.6 Å². The van der Waals surface area contributed by atoms with Gasteiger partial charge in [0.15, 0.2) is 0 Å². The predicted molar refractivity (Wildman–Crippen MR) is 71.4 cm³/mol. The van der Waals surface area contributed by atoms with Crippen molar-refractivity contribution in [3.8, 4) is 22.6 Å². The van der Waals surface area contributed by atoms with Crippen LogP contribution in [0.3, 0.4) is 0 Å². The quantitative estimate of drug-likeness (QED) is 0.876. The Labute approximate surface area is 115 Å². The van der Waals surface area contributed by atoms with Crippen molar-refractivity contribution in [2.24, 2.45) is 0 Å². The Kier molecular flexibility index (Phi) is 3.89. The number of aromatic hydroxyl groups is 1. The minimum absolute atomic E-state index is 0.0535. The minimum Gasteiger partial charge on any atom is -0.508 e. The molecule has 0 fully saturated rings. The Bertz CT molecular complexity index is 652. The zero-order valence-corrected chi connectivity index (χ0v) is 11.0. The van der Waals surface area contributed by atoms with Crippen LogP contribution in [-0.4, -0.2) is 25.3 Å². The Hall–Kier alpha value is -2.56. The summed E-state index contributed by atoms with van der Waals surface area (Å²) in [4.78, 5) is 11.5. The van der Waals surface area contributed by atoms with Gasteiger partial charge in [0.25, 0.3) is 0 Å². The maximum absolute atomic E-state index is 13.9. The summed E-state index contributed by atoms with van der Waals surface area (Å²) in [7, 11) is 2.70. The molecular formula is C15H13FO4. The van der Waals surface area contributed by atoms with Crippen molar-refractivity contribution >= 4 is 5.97 Å². The summed E-state index contributed by atoms with van der Waals surface area (Å²) < 4.78 is 23.5. The summed E-state index contributed by atoms with van der Waals surface area (Å²) in [6.45, 7) is 0. The highest BCUT2D eigenvalue weighted by Gasteiger charge is 2.13. The molecule has 0 aliphatic heterocycles. The van der Waals surface area contributed by atoms with Gasteiger partial charge in [0.1, 0.15) is 17.3 Å². The molecule has 104 valence electrons. The number of halogens is 1. The molecule has 20 heavy (non-hydrogen) atoms. The van der Waals surface area contributed by atoms with Gasteiger partial charge in [0, 0.05) is 11.6 Å². The first kappa shape index (κ1) is 13.9. The lowest BCUT2D eigenvalue weighted by atomic mass is 10.0. The van der Waals surface area contributed by atoms with Crippen molar-refractivity contribution in [2.75, 3.05) is 14.2 Å². The van der Waals surface area contributed by atoms with E-state index in [-0.39, 0.29) is 16.9 Å². The van der Waals surface area contributed by atoms with Crippen LogP contribution in [0, 0.1) is 5.82 Å². The van der Waals surface area contributed by atoms with Crippen molar-refractivity contribution in [3.05, 3.63) is 47.8 Å². The lowest BCUT2D eigenvalue weighted by molar-refractivity contribution is 0.0600. The van der Waals surface area contributed by atoms with Gasteiger partial charge in [-0.1, -0.05) is 0 Å². The van der Waals surface area contributed by atoms with Gasteiger partial charge in [-0.15, -0.1) is 0 Å². The van der Waals surface area contributed by atoms with Crippen LogP contribution in [0.5, 0.6) is 11.5 Å². The standard InChI is InChI=1S/C15H13FO4/c1-19-12-6-10(5-11(17)8-12)13-7-9(15(18)20-2)3-4-14(13)16/h3-8,17H,1-2H3. The first-order valence-electron chi connectivity index (χ1n) is 5.81. The van der Waals surface area contributed by atoms with Crippen LogP contribution >= 0.6 is 0 Å². The number of esters is 1. The van der Waals surface area contributed by atoms with Gasteiger partial charge in [0.2, 0.25) is 0 Å². The predicted octanol–water partition coefficient (Wildman–Crippen LogP) is 2.99. The van der Waals surface area contributed by atoms with Crippen molar-refractivity contribution < 1.29 is 23.8 Å². The van der Waals surface area contributed by atoms with Gasteiger partial charge in [-0.25, -0.2) is 9.18 Å². The van der Waals surface area contributed by atoms with Gasteiger partial charge in [-0.3, -0.25) is 0 Å². The fourth-order valence-corrected chi connectivity index (χ4v) is 1.85. The zero-order valence-electron chi connectivity index (χ0n) is 11.0. The second kappa shape index (κ2) is 5.61. The SMILES string of the molecule is COC(=O)c1ccc(F)c(-c2cc(O)cc(OC)c2)c1. The summed E-state index contributed by atoms with van der Waals surface area (Å²) in [5, 5.41) is 9.61. The van der Waals surface area contributed by atoms with Crippen LogP contribution < -0.4 is 4.74 Å². The molecule has 2 aromatic rings. The maximum atomic E-state index is 13.9. The number of rotatable bonds is 3. The normalized spacial score (nSPS) is 10.2. The van der Waals surface area contributed by atoms with E-state index in [9.17, 15) is 14.3 Å². The third kappa shape index (κ3) is 2.71. The molecule has 4 nitrogen and oxygen atoms in total. The molecule has 0 heterocycles. The number of phenolic OH excluding ortho intramolecular Hbond substituents is 1. The highest BCUT2D eigenvalue weighted by atomic mass is 19.1. The van der Waals surface area contributed by atoms with Crippen molar-refractivity contribution in [3.63, 3.8) is 0 Å². The average Bonchev–Trinajstić information content (AvgIpc) is 2.46. The van der Waals surface area contributed by atoms with Crippen LogP contribution in [0.1, 0.15) is 10.4 Å². The summed E-state index contributed by atoms with van der Waals surface area (Å²) in [6, 6.07) is 8.25. The fourth-order valence-electron chi connectivity index (χ4n) is 1.85. The molecule has 0 unspecified atom stereocenters. The largest absolute Gasteiger partial charge is 0.508 e. The fraction of sp³-hybridized carbons (Fsp3) is 0.133. The summed E-state index contributed by atoms with van der Waals surface area (Å²) in [6.07, 6.45) is 0. The first-order chi connectivity index (χ1) is 9.55. The van der Waals surface area contributed by atoms with Crippen LogP contribution in [-0.2, 0) is 4.74 Å². The van der Waals surface area contributed by atoms with Crippen LogP contribution in [0.4, 0.5) is 4.39 Å². The van der Waals surface area contributed by atoms with Crippen LogP contribution in [0.15, 0.2) is 36.4 Å². The van der Waals surface area contributed by atoms with Crippen molar-refractivity contribution in [1.29, 1.82) is 0 Å². The van der Waals surface area contributed by atoms with Gasteiger partial charge >= 0.3 is 5.97 Å². The summed E-state index contributed by atoms with van der Waals surface area (Å²) in [5.41, 5.74) is 0.818. The van der Waals surface area contributed by atoms with Gasteiger partial charge in [-0.2, -0.15) is 0 Å². The van der Waals surface area contributed by atoms with Crippen molar-refractivity contribution in [1.82, 2.24) is 0 Å². The molecule has 0 amide bonds. The second-order valence-corrected chi connectivity index (χ2v) is 4.11. The Balaban J connectivity index is 2.56. The molecule has 2 rings (SSSR count). The van der Waals surface area contributed by atoms with Crippen LogP contribution in [0.25, 0.3) is 11.1 Å². The summed E-state index contributed by atoms with van der Waals surface area (Å²) in [5.74, 6) is -0.728. The minimum atomic E-state index is -0.557. The Morgan fingerprint density at radius 3 is 2.55 bits per heavy atom. The molecule has 2 aromatic carbocycles. The van der Waals surface area contributed by atoms with Gasteiger partial charge in [-0.05, 0) is 35.9 Å². The van der Waals surface area contributed by atoms with Gasteiger partial charge < -0.3 is 14.6 Å². The molecule has 5 heteroatoms. The number of hydrogen-bond acceptors (Lipinski definition) is 4. The molecule has 0 bridgehead atoms. The Morgan fingerprint density at radius 1 is 1.15 bits per heavy atom. The number of ether oxygens (including phenoxy) is 2. The molecule has 1 N–H and O–H groups in total. The van der Waals surface area contributed by atoms with Gasteiger partial charge in [0.05, 0.1) is 19.8 Å². The third-order valence-corrected chi connectivity index (χ3v) is 2.83. The molecule has 0 aliphatic rings. The topological polar surface area (TPSA) is 55.8 Å². The van der Waals surface area contributed by atoms with Crippen LogP contribution in [0.2, 0.25) is 0 Å². The van der Waals surface area contributed by atoms with Crippen molar-refractivity contribution in [2.45, 2.75) is 0 Å². The van der Waals surface area contributed by atoms with E-state index < -0.39 is 11.8 Å². The highest BCUT2D eigenvalue weighted by molar-refractivity contribution is 5.91. The number of phenols is 1. The van der Waals surface area contributed by atoms with E-state index in [1.807, 2.05) is 0 Å². The third-order valence-electron chi connectivity index (χ3n) is 2.83. The molecule has 0 atom stereocenters. The molecule has 0 radical (unpaired) electrons. The summed E-state index contributed by atoms with van der Waals surface area (Å²) >= 11 is 0. The maximum Gasteiger partial charge on any atom is 0.337 e. The second-order valence-electron chi connectivity index (χ2n) is 4.11. The lowest BCUT2D eigenvalue weighted by Crippen LogP contribution is -2.02. The monoisotopic (exact) mass is 276 g/mol. The zero-order chi connectivity index (χ0) is 14.7. The molecule has 0 saturated carbocycles. The average molecular weight is 276 g/mol. The lowest BCUT2D eigenvalue weighted by Gasteiger charge is -2.09. The number of benzene rings is 2. The highest BCUT2D eigenvalue weighted by Crippen LogP contribution is 2.31. The molecule has 0 saturated heterocycles. The van der Waals surface area contributed by atoms with E-state index in [0.29, 0.717) is 11.3 Å². The number of hydrogen-bond donors (Lipinski definition) is 1. The number of carbonyl (C=O) groups excluding carboxylic acids is 1. The van der Waals surface area contributed by atoms with E-state index in [1.54, 1.807) is 6.07 Å². The molecule has 0 aliphatic carbocycles. The van der Waals surface area contributed by atoms with E-state index in [2.05, 4.69) is 4.74 Å². The Morgan fingerprint density at radius 2 is 1.90 bits per heavy atom. The van der Waals surface area contributed by atoms with E-state index in [4.69, 9.17) is 4.74 Å². The molecular weight excluding hydrogens is 263 g/mol. The van der Waals surface area contributed by atoms with E-state index in [0.717, 1.165) is 0 Å². The number of carbonyl (C=O) groups is 1. The first-order valence-corrected chi connectivity index (χ1v) is 5.81. The molecule has 0 aromatic heterocycles. The smallest absolute Gasteiger partial charge is 0.337 e. The molecule has 0 spiro atoms. The number of methoxy groups -OCH3 is 2.